The van der Waals surface area contributed by atoms with Crippen molar-refractivity contribution in [3.05, 3.63) is 81.9 Å². The number of nitrogens with zero attached hydrogens (tertiary/aromatic N) is 2. The summed E-state index contributed by atoms with van der Waals surface area (Å²) in [6.45, 7) is 6.11. The highest BCUT2D eigenvalue weighted by Gasteiger charge is 2.18. The molecule has 30 heavy (non-hydrogen) atoms. The van der Waals surface area contributed by atoms with Gasteiger partial charge >= 0.3 is 5.97 Å². The van der Waals surface area contributed by atoms with Crippen molar-refractivity contribution in [3.63, 3.8) is 0 Å². The third-order valence-corrected chi connectivity index (χ3v) is 6.42. The van der Waals surface area contributed by atoms with Crippen molar-refractivity contribution in [3.8, 4) is 11.1 Å². The molecule has 0 aliphatic heterocycles. The summed E-state index contributed by atoms with van der Waals surface area (Å²) in [5, 5.41) is 12.1. The summed E-state index contributed by atoms with van der Waals surface area (Å²) in [7, 11) is 0. The number of aromatic nitrogens is 2. The Labute approximate surface area is 180 Å². The molecular weight excluding hydrogens is 420 g/mol. The molecule has 4 rings (SSSR count). The van der Waals surface area contributed by atoms with Crippen LogP contribution in [-0.4, -0.2) is 20.6 Å². The maximum Gasteiger partial charge on any atom is 0.371 e. The van der Waals surface area contributed by atoms with Gasteiger partial charge in [-0.25, -0.2) is 9.78 Å². The van der Waals surface area contributed by atoms with E-state index in [-0.39, 0.29) is 11.3 Å². The zero-order chi connectivity index (χ0) is 21.3. The van der Waals surface area contributed by atoms with E-state index in [2.05, 4.69) is 6.58 Å². The predicted octanol–water partition coefficient (Wildman–Crippen LogP) is 5.20. The molecule has 3 aromatic heterocycles. The van der Waals surface area contributed by atoms with Crippen molar-refractivity contribution >= 4 is 39.3 Å². The van der Waals surface area contributed by atoms with Crippen LogP contribution in [0.2, 0.25) is 0 Å². The molecule has 0 bridgehead atoms. The number of aryl methyl sites for hydroxylation is 1. The number of hydrogen-bond acceptors (Lipinski definition) is 6. The number of benzene rings is 1. The Balaban J connectivity index is 1.74. The Morgan fingerprint density at radius 3 is 2.73 bits per heavy atom. The molecule has 1 aromatic carbocycles. The molecule has 0 atom stereocenters. The Bertz CT molecular complexity index is 1300. The molecule has 6 nitrogen and oxygen atoms in total. The van der Waals surface area contributed by atoms with Gasteiger partial charge in [-0.1, -0.05) is 47.7 Å². The van der Waals surface area contributed by atoms with Gasteiger partial charge in [0.15, 0.2) is 5.16 Å². The van der Waals surface area contributed by atoms with Crippen LogP contribution >= 0.6 is 23.1 Å². The van der Waals surface area contributed by atoms with Gasteiger partial charge < -0.3 is 9.52 Å². The second kappa shape index (κ2) is 8.33. The number of carbonyl (C=O) groups is 1. The van der Waals surface area contributed by atoms with Crippen molar-refractivity contribution in [2.75, 3.05) is 0 Å². The summed E-state index contributed by atoms with van der Waals surface area (Å²) >= 11 is 2.76. The van der Waals surface area contributed by atoms with Crippen molar-refractivity contribution in [2.45, 2.75) is 24.4 Å². The number of rotatable bonds is 7. The molecule has 1 N–H and O–H groups in total. The Morgan fingerprint density at radius 2 is 2.07 bits per heavy atom. The number of carboxylic acids is 1. The monoisotopic (exact) mass is 438 g/mol. The third kappa shape index (κ3) is 3.83. The summed E-state index contributed by atoms with van der Waals surface area (Å²) < 4.78 is 6.89. The number of thiophene rings is 1. The molecule has 8 heteroatoms. The number of aromatic carboxylic acids is 1. The smallest absolute Gasteiger partial charge is 0.371 e. The third-order valence-electron chi connectivity index (χ3n) is 4.55. The number of fused-ring (bicyclic) bond motifs is 1. The van der Waals surface area contributed by atoms with Crippen LogP contribution in [0, 0.1) is 6.92 Å². The molecule has 0 fully saturated rings. The van der Waals surface area contributed by atoms with E-state index in [1.807, 2.05) is 36.6 Å². The van der Waals surface area contributed by atoms with Crippen molar-refractivity contribution < 1.29 is 14.3 Å². The highest BCUT2D eigenvalue weighted by Crippen LogP contribution is 2.33. The van der Waals surface area contributed by atoms with Crippen molar-refractivity contribution in [1.82, 2.24) is 9.55 Å². The van der Waals surface area contributed by atoms with Gasteiger partial charge in [0.2, 0.25) is 5.76 Å². The maximum absolute atomic E-state index is 13.3. The number of allylic oxidation sites excluding steroid dienone is 1. The second-order valence-corrected chi connectivity index (χ2v) is 8.45. The quantitative estimate of drug-likeness (QED) is 0.242. The van der Waals surface area contributed by atoms with E-state index in [1.165, 1.54) is 29.2 Å². The van der Waals surface area contributed by atoms with Gasteiger partial charge in [-0.15, -0.1) is 17.9 Å². The lowest BCUT2D eigenvalue weighted by Crippen LogP contribution is -2.22. The zero-order valence-electron chi connectivity index (χ0n) is 16.1. The Kier molecular flexibility index (Phi) is 5.61. The van der Waals surface area contributed by atoms with E-state index in [0.29, 0.717) is 33.4 Å². The first-order valence-corrected chi connectivity index (χ1v) is 11.0. The van der Waals surface area contributed by atoms with Crippen molar-refractivity contribution in [2.24, 2.45) is 0 Å². The van der Waals surface area contributed by atoms with Crippen LogP contribution in [-0.2, 0) is 12.3 Å². The van der Waals surface area contributed by atoms with Crippen molar-refractivity contribution in [1.29, 1.82) is 0 Å². The standard InChI is InChI=1S/C22H18N2O4S2/c1-3-10-24-20(25)18-16(14-6-4-13(2)5-7-14)12-29-19(18)23-22(24)30-11-15-8-9-17(28-15)21(26)27/h3-9,12H,1,10-11H2,2H3,(H,26,27). The van der Waals surface area contributed by atoms with Gasteiger partial charge in [0, 0.05) is 17.5 Å². The minimum absolute atomic E-state index is 0.113. The van der Waals surface area contributed by atoms with Gasteiger partial charge in [-0.05, 0) is 24.6 Å². The van der Waals surface area contributed by atoms with E-state index < -0.39 is 5.97 Å². The molecular formula is C22H18N2O4S2. The Hall–Kier alpha value is -3.10. The summed E-state index contributed by atoms with van der Waals surface area (Å²) in [5.41, 5.74) is 2.89. The molecule has 0 aliphatic carbocycles. The maximum atomic E-state index is 13.3. The average molecular weight is 439 g/mol. The molecule has 0 spiro atoms. The SMILES string of the molecule is C=CCn1c(SCc2ccc(C(=O)O)o2)nc2scc(-c3ccc(C)cc3)c2c1=O. The van der Waals surface area contributed by atoms with Crippen LogP contribution in [0.15, 0.2) is 68.8 Å². The van der Waals surface area contributed by atoms with Crippen LogP contribution in [0.3, 0.4) is 0 Å². The van der Waals surface area contributed by atoms with Crippen LogP contribution in [0.1, 0.15) is 21.9 Å². The minimum Gasteiger partial charge on any atom is -0.475 e. The zero-order valence-corrected chi connectivity index (χ0v) is 17.8. The van der Waals surface area contributed by atoms with Gasteiger partial charge in [-0.3, -0.25) is 9.36 Å². The molecule has 3 heterocycles. The van der Waals surface area contributed by atoms with E-state index in [0.717, 1.165) is 16.7 Å². The molecule has 0 amide bonds. The summed E-state index contributed by atoms with van der Waals surface area (Å²) in [4.78, 5) is 29.7. The van der Waals surface area contributed by atoms with Crippen LogP contribution in [0.4, 0.5) is 0 Å². The summed E-state index contributed by atoms with van der Waals surface area (Å²) in [6, 6.07) is 11.1. The number of hydrogen-bond donors (Lipinski definition) is 1. The van der Waals surface area contributed by atoms with E-state index >= 15 is 0 Å². The lowest BCUT2D eigenvalue weighted by atomic mass is 10.1. The fourth-order valence-corrected chi connectivity index (χ4v) is 4.95. The first kappa shape index (κ1) is 20.2. The first-order valence-electron chi connectivity index (χ1n) is 9.12. The fourth-order valence-electron chi connectivity index (χ4n) is 3.06. The average Bonchev–Trinajstić information content (AvgIpc) is 3.37. The number of carboxylic acid groups (broad SMARTS) is 1. The first-order chi connectivity index (χ1) is 14.5. The van der Waals surface area contributed by atoms with Gasteiger partial charge in [0.25, 0.3) is 5.56 Å². The minimum atomic E-state index is -1.11. The highest BCUT2D eigenvalue weighted by atomic mass is 32.2. The highest BCUT2D eigenvalue weighted by molar-refractivity contribution is 7.98. The van der Waals surface area contributed by atoms with Crippen LogP contribution in [0.5, 0.6) is 0 Å². The second-order valence-electron chi connectivity index (χ2n) is 6.65. The molecule has 0 saturated heterocycles. The lowest BCUT2D eigenvalue weighted by molar-refractivity contribution is 0.0661. The Morgan fingerprint density at radius 1 is 1.30 bits per heavy atom. The molecule has 0 radical (unpaired) electrons. The van der Waals surface area contributed by atoms with E-state index in [4.69, 9.17) is 14.5 Å². The molecule has 0 unspecified atom stereocenters. The largest absolute Gasteiger partial charge is 0.475 e. The van der Waals surface area contributed by atoms with Crippen LogP contribution < -0.4 is 5.56 Å². The van der Waals surface area contributed by atoms with Gasteiger partial charge in [-0.2, -0.15) is 0 Å². The lowest BCUT2D eigenvalue weighted by Gasteiger charge is -2.10. The fraction of sp³-hybridized carbons (Fsp3) is 0.136. The summed E-state index contributed by atoms with van der Waals surface area (Å²) in [5.74, 6) is -0.364. The predicted molar refractivity (Wildman–Crippen MR) is 119 cm³/mol. The number of thioether (sulfide) groups is 1. The molecule has 0 saturated carbocycles. The molecule has 4 aromatic rings. The number of furan rings is 1. The van der Waals surface area contributed by atoms with Gasteiger partial charge in [0.05, 0.1) is 11.1 Å². The molecule has 0 aliphatic rings. The summed E-state index contributed by atoms with van der Waals surface area (Å²) in [6.07, 6.45) is 1.66. The topological polar surface area (TPSA) is 85.3 Å². The van der Waals surface area contributed by atoms with Crippen LogP contribution in [0.25, 0.3) is 21.3 Å². The van der Waals surface area contributed by atoms with E-state index in [1.54, 1.807) is 16.7 Å². The van der Waals surface area contributed by atoms with Gasteiger partial charge in [0.1, 0.15) is 10.6 Å². The molecule has 152 valence electrons. The normalized spacial score (nSPS) is 11.1. The van der Waals surface area contributed by atoms with E-state index in [9.17, 15) is 9.59 Å².